The molecule has 0 rings (SSSR count). The molecule has 0 aliphatic rings. The number of rotatable bonds is 67. The maximum atomic E-state index is 12.6. The van der Waals surface area contributed by atoms with Crippen molar-refractivity contribution in [1.82, 2.24) is 5.32 Å². The highest BCUT2D eigenvalue weighted by atomic mass is 16.5. The SMILES string of the molecule is CCCCC/C=C\C/C=C\CCCCCCCC(=O)OCCCCCCCCCCCCCCCCCCCCCCCCCC(=O)NC(CO)C(O)CCCCCCCCCCCCCCCCCCCCCCCCC. The van der Waals surface area contributed by atoms with Gasteiger partial charge in [-0.05, 0) is 57.8 Å². The minimum Gasteiger partial charge on any atom is -0.466 e. The Morgan fingerprint density at radius 2 is 0.641 bits per heavy atom. The van der Waals surface area contributed by atoms with Gasteiger partial charge in [-0.15, -0.1) is 0 Å². The van der Waals surface area contributed by atoms with Crippen molar-refractivity contribution >= 4 is 11.9 Å². The summed E-state index contributed by atoms with van der Waals surface area (Å²) in [5.41, 5.74) is 0. The molecule has 0 spiro atoms. The van der Waals surface area contributed by atoms with E-state index in [4.69, 9.17) is 4.74 Å². The van der Waals surface area contributed by atoms with Gasteiger partial charge in [0.15, 0.2) is 0 Å². The maximum Gasteiger partial charge on any atom is 0.305 e. The van der Waals surface area contributed by atoms with Gasteiger partial charge in [0, 0.05) is 12.8 Å². The lowest BCUT2D eigenvalue weighted by atomic mass is 10.0. The van der Waals surface area contributed by atoms with Crippen LogP contribution in [0.1, 0.15) is 399 Å². The molecule has 6 heteroatoms. The Kier molecular flexibility index (Phi) is 66.4. The highest BCUT2D eigenvalue weighted by Gasteiger charge is 2.20. The summed E-state index contributed by atoms with van der Waals surface area (Å²) in [6.07, 6.45) is 85.1. The van der Waals surface area contributed by atoms with Crippen LogP contribution in [-0.2, 0) is 14.3 Å². The fourth-order valence-electron chi connectivity index (χ4n) is 11.3. The van der Waals surface area contributed by atoms with Crippen molar-refractivity contribution in [3.63, 3.8) is 0 Å². The van der Waals surface area contributed by atoms with E-state index in [1.165, 1.54) is 315 Å². The number of nitrogens with one attached hydrogen (secondary N) is 1. The molecule has 0 aromatic rings. The lowest BCUT2D eigenvalue weighted by Gasteiger charge is -2.22. The van der Waals surface area contributed by atoms with Crippen LogP contribution in [0, 0.1) is 0 Å². The molecule has 0 bridgehead atoms. The first-order valence-corrected chi connectivity index (χ1v) is 35.6. The first-order valence-electron chi connectivity index (χ1n) is 35.6. The van der Waals surface area contributed by atoms with Gasteiger partial charge in [-0.1, -0.05) is 353 Å². The second kappa shape index (κ2) is 67.8. The Labute approximate surface area is 488 Å². The van der Waals surface area contributed by atoms with Gasteiger partial charge in [-0.25, -0.2) is 0 Å². The van der Waals surface area contributed by atoms with Gasteiger partial charge < -0.3 is 20.3 Å². The van der Waals surface area contributed by atoms with Crippen LogP contribution in [0.2, 0.25) is 0 Å². The lowest BCUT2D eigenvalue weighted by molar-refractivity contribution is -0.143. The van der Waals surface area contributed by atoms with Crippen molar-refractivity contribution in [2.45, 2.75) is 411 Å². The van der Waals surface area contributed by atoms with Gasteiger partial charge in [0.25, 0.3) is 0 Å². The van der Waals surface area contributed by atoms with Crippen LogP contribution in [0.4, 0.5) is 0 Å². The molecular weight excluding hydrogens is 959 g/mol. The Morgan fingerprint density at radius 3 is 1.00 bits per heavy atom. The van der Waals surface area contributed by atoms with E-state index < -0.39 is 12.1 Å². The maximum absolute atomic E-state index is 12.6. The first-order chi connectivity index (χ1) is 38.5. The predicted molar refractivity (Wildman–Crippen MR) is 343 cm³/mol. The Balaban J connectivity index is 3.38. The smallest absolute Gasteiger partial charge is 0.305 e. The number of ether oxygens (including phenoxy) is 1. The van der Waals surface area contributed by atoms with Gasteiger partial charge in [0.2, 0.25) is 5.91 Å². The Bertz CT molecular complexity index is 1220. The third-order valence-electron chi connectivity index (χ3n) is 16.8. The van der Waals surface area contributed by atoms with Crippen LogP contribution in [0.15, 0.2) is 24.3 Å². The van der Waals surface area contributed by atoms with E-state index in [0.29, 0.717) is 25.9 Å². The van der Waals surface area contributed by atoms with E-state index in [-0.39, 0.29) is 18.5 Å². The van der Waals surface area contributed by atoms with Crippen LogP contribution in [-0.4, -0.2) is 47.4 Å². The second-order valence-corrected chi connectivity index (χ2v) is 24.6. The number of amides is 1. The summed E-state index contributed by atoms with van der Waals surface area (Å²) in [6, 6.07) is -0.542. The molecular formula is C72H139NO5. The highest BCUT2D eigenvalue weighted by molar-refractivity contribution is 5.76. The molecule has 2 atom stereocenters. The molecule has 0 saturated carbocycles. The van der Waals surface area contributed by atoms with E-state index in [9.17, 15) is 19.8 Å². The number of unbranched alkanes of at least 4 members (excludes halogenated alkanes) is 52. The summed E-state index contributed by atoms with van der Waals surface area (Å²) in [6.45, 7) is 4.96. The molecule has 0 saturated heterocycles. The molecule has 6 nitrogen and oxygen atoms in total. The van der Waals surface area contributed by atoms with E-state index in [1.54, 1.807) is 0 Å². The summed E-state index contributed by atoms with van der Waals surface area (Å²) in [5.74, 6) is -0.0285. The van der Waals surface area contributed by atoms with Crippen molar-refractivity contribution < 1.29 is 24.5 Å². The number of aliphatic hydroxyl groups is 2. The van der Waals surface area contributed by atoms with Crippen molar-refractivity contribution in [1.29, 1.82) is 0 Å². The van der Waals surface area contributed by atoms with E-state index in [1.807, 2.05) is 0 Å². The van der Waals surface area contributed by atoms with Gasteiger partial charge >= 0.3 is 5.97 Å². The molecule has 0 heterocycles. The summed E-state index contributed by atoms with van der Waals surface area (Å²) in [7, 11) is 0. The molecule has 0 aromatic heterocycles. The van der Waals surface area contributed by atoms with Gasteiger partial charge in [-0.2, -0.15) is 0 Å². The predicted octanol–water partition coefficient (Wildman–Crippen LogP) is 22.9. The average molecular weight is 1100 g/mol. The highest BCUT2D eigenvalue weighted by Crippen LogP contribution is 2.19. The third-order valence-corrected chi connectivity index (χ3v) is 16.8. The minimum atomic E-state index is -0.665. The van der Waals surface area contributed by atoms with Crippen LogP contribution >= 0.6 is 0 Å². The monoisotopic (exact) mass is 1100 g/mol. The molecule has 1 amide bonds. The van der Waals surface area contributed by atoms with Crippen molar-refractivity contribution in [3.05, 3.63) is 24.3 Å². The fraction of sp³-hybridized carbons (Fsp3) is 0.917. The first kappa shape index (κ1) is 76.3. The van der Waals surface area contributed by atoms with Gasteiger partial charge in [0.1, 0.15) is 0 Å². The van der Waals surface area contributed by atoms with Gasteiger partial charge in [0.05, 0.1) is 25.4 Å². The van der Waals surface area contributed by atoms with Crippen molar-refractivity contribution in [2.75, 3.05) is 13.2 Å². The molecule has 0 aliphatic heterocycles. The van der Waals surface area contributed by atoms with E-state index >= 15 is 0 Å². The number of esters is 1. The summed E-state index contributed by atoms with van der Waals surface area (Å²) < 4.78 is 5.49. The van der Waals surface area contributed by atoms with E-state index in [0.717, 1.165) is 51.4 Å². The van der Waals surface area contributed by atoms with Crippen molar-refractivity contribution in [3.8, 4) is 0 Å². The number of hydrogen-bond acceptors (Lipinski definition) is 5. The molecule has 3 N–H and O–H groups in total. The van der Waals surface area contributed by atoms with Crippen LogP contribution in [0.3, 0.4) is 0 Å². The van der Waals surface area contributed by atoms with Crippen molar-refractivity contribution in [2.24, 2.45) is 0 Å². The molecule has 0 aliphatic carbocycles. The zero-order chi connectivity index (χ0) is 56.4. The summed E-state index contributed by atoms with van der Waals surface area (Å²) >= 11 is 0. The topological polar surface area (TPSA) is 95.9 Å². The van der Waals surface area contributed by atoms with Gasteiger partial charge in [-0.3, -0.25) is 9.59 Å². The molecule has 0 radical (unpaired) electrons. The standard InChI is InChI=1S/C72H139NO5/c1-3-5-7-9-11-13-15-17-19-20-21-22-24-27-30-33-37-40-44-48-52-56-60-64-70(75)69(68-74)73-71(76)65-61-57-53-49-45-41-38-34-31-28-25-23-26-29-32-35-39-43-47-51-55-59-63-67-78-72(77)66-62-58-54-50-46-42-36-18-16-14-12-10-8-6-4-2/h12,14,18,36,69-70,74-75H,3-11,13,15-17,19-35,37-68H2,1-2H3,(H,73,76)/b14-12-,36-18-. The molecule has 78 heavy (non-hydrogen) atoms. The minimum absolute atomic E-state index is 0.00137. The summed E-state index contributed by atoms with van der Waals surface area (Å²) in [4.78, 5) is 24.6. The number of carbonyl (C=O) groups is 2. The van der Waals surface area contributed by atoms with Crippen LogP contribution in [0.25, 0.3) is 0 Å². The number of allylic oxidation sites excluding steroid dienone is 4. The molecule has 0 aromatic carbocycles. The fourth-order valence-corrected chi connectivity index (χ4v) is 11.3. The lowest BCUT2D eigenvalue weighted by Crippen LogP contribution is -2.45. The molecule has 462 valence electrons. The molecule has 2 unspecified atom stereocenters. The average Bonchev–Trinajstić information content (AvgIpc) is 3.44. The Morgan fingerprint density at radius 1 is 0.359 bits per heavy atom. The summed E-state index contributed by atoms with van der Waals surface area (Å²) in [5, 5.41) is 23.4. The quantitative estimate of drug-likeness (QED) is 0.0320. The van der Waals surface area contributed by atoms with Crippen LogP contribution < -0.4 is 5.32 Å². The molecule has 0 fully saturated rings. The normalized spacial score (nSPS) is 12.6. The van der Waals surface area contributed by atoms with E-state index in [2.05, 4.69) is 43.5 Å². The zero-order valence-corrected chi connectivity index (χ0v) is 52.9. The number of carbonyl (C=O) groups excluding carboxylic acids is 2. The second-order valence-electron chi connectivity index (χ2n) is 24.6. The van der Waals surface area contributed by atoms with Crippen LogP contribution in [0.5, 0.6) is 0 Å². The largest absolute Gasteiger partial charge is 0.466 e. The number of hydrogen-bond donors (Lipinski definition) is 3. The zero-order valence-electron chi connectivity index (χ0n) is 52.9. The third kappa shape index (κ3) is 63.5. The number of aliphatic hydroxyl groups excluding tert-OH is 2. The Hall–Kier alpha value is -1.66.